The van der Waals surface area contributed by atoms with E-state index in [0.717, 1.165) is 6.42 Å². The summed E-state index contributed by atoms with van der Waals surface area (Å²) in [5.41, 5.74) is 7.34. The SMILES string of the molecule is CCC(C=CC(N)=O)=C(C)C. The van der Waals surface area contributed by atoms with Gasteiger partial charge in [0.1, 0.15) is 0 Å². The van der Waals surface area contributed by atoms with E-state index in [0.29, 0.717) is 0 Å². The molecule has 0 saturated carbocycles. The molecule has 0 atom stereocenters. The van der Waals surface area contributed by atoms with Gasteiger partial charge in [0.25, 0.3) is 0 Å². The molecule has 0 saturated heterocycles. The van der Waals surface area contributed by atoms with Crippen LogP contribution in [0.15, 0.2) is 23.3 Å². The van der Waals surface area contributed by atoms with Crippen LogP contribution in [0.2, 0.25) is 0 Å². The highest BCUT2D eigenvalue weighted by molar-refractivity contribution is 5.86. The Morgan fingerprint density at radius 3 is 2.18 bits per heavy atom. The third kappa shape index (κ3) is 4.37. The molecule has 0 bridgehead atoms. The Balaban J connectivity index is 4.33. The molecule has 11 heavy (non-hydrogen) atoms. The zero-order chi connectivity index (χ0) is 8.85. The fourth-order valence-electron chi connectivity index (χ4n) is 0.821. The molecular weight excluding hydrogens is 138 g/mol. The molecule has 0 radical (unpaired) electrons. The average molecular weight is 153 g/mol. The number of hydrogen-bond acceptors (Lipinski definition) is 1. The maximum atomic E-state index is 10.4. The van der Waals surface area contributed by atoms with Crippen LogP contribution in [0.3, 0.4) is 0 Å². The summed E-state index contributed by atoms with van der Waals surface area (Å²) in [7, 11) is 0. The van der Waals surface area contributed by atoms with E-state index in [4.69, 9.17) is 5.73 Å². The molecule has 0 aliphatic rings. The molecular formula is C9H15NO. The van der Waals surface area contributed by atoms with Crippen molar-refractivity contribution in [3.63, 3.8) is 0 Å². The quantitative estimate of drug-likeness (QED) is 0.487. The van der Waals surface area contributed by atoms with Crippen LogP contribution < -0.4 is 5.73 Å². The summed E-state index contributed by atoms with van der Waals surface area (Å²) < 4.78 is 0. The Labute approximate surface area is 67.8 Å². The summed E-state index contributed by atoms with van der Waals surface area (Å²) in [6.07, 6.45) is 4.11. The van der Waals surface area contributed by atoms with Crippen LogP contribution in [0, 0.1) is 0 Å². The Hall–Kier alpha value is -1.05. The second-order valence-electron chi connectivity index (χ2n) is 2.61. The number of primary amides is 1. The Morgan fingerprint density at radius 1 is 1.36 bits per heavy atom. The van der Waals surface area contributed by atoms with Gasteiger partial charge in [0.2, 0.25) is 5.91 Å². The Morgan fingerprint density at radius 2 is 1.91 bits per heavy atom. The zero-order valence-electron chi connectivity index (χ0n) is 7.35. The lowest BCUT2D eigenvalue weighted by molar-refractivity contribution is -0.113. The predicted octanol–water partition coefficient (Wildman–Crippen LogP) is 1.77. The number of nitrogens with two attached hydrogens (primary N) is 1. The minimum absolute atomic E-state index is 0.391. The van der Waals surface area contributed by atoms with Gasteiger partial charge in [-0.15, -0.1) is 0 Å². The van der Waals surface area contributed by atoms with Crippen LogP contribution in [0.1, 0.15) is 27.2 Å². The monoisotopic (exact) mass is 153 g/mol. The largest absolute Gasteiger partial charge is 0.366 e. The van der Waals surface area contributed by atoms with Gasteiger partial charge in [-0.3, -0.25) is 4.79 Å². The minimum atomic E-state index is -0.391. The van der Waals surface area contributed by atoms with Gasteiger partial charge in [0.05, 0.1) is 0 Å². The lowest BCUT2D eigenvalue weighted by Gasteiger charge is -1.98. The van der Waals surface area contributed by atoms with Crippen LogP contribution in [0.25, 0.3) is 0 Å². The minimum Gasteiger partial charge on any atom is -0.366 e. The van der Waals surface area contributed by atoms with Crippen LogP contribution in [0.4, 0.5) is 0 Å². The van der Waals surface area contributed by atoms with Crippen LogP contribution in [-0.4, -0.2) is 5.91 Å². The maximum absolute atomic E-state index is 10.4. The van der Waals surface area contributed by atoms with Gasteiger partial charge in [-0.05, 0) is 25.8 Å². The zero-order valence-corrected chi connectivity index (χ0v) is 7.35. The molecule has 0 aliphatic heterocycles. The van der Waals surface area contributed by atoms with Crippen molar-refractivity contribution >= 4 is 5.91 Å². The van der Waals surface area contributed by atoms with Gasteiger partial charge in [0, 0.05) is 6.08 Å². The fourth-order valence-corrected chi connectivity index (χ4v) is 0.821. The topological polar surface area (TPSA) is 43.1 Å². The molecule has 0 aliphatic carbocycles. The second-order valence-corrected chi connectivity index (χ2v) is 2.61. The summed E-state index contributed by atoms with van der Waals surface area (Å²) in [6.45, 7) is 6.09. The predicted molar refractivity (Wildman–Crippen MR) is 47.0 cm³/mol. The first-order chi connectivity index (χ1) is 5.07. The third-order valence-electron chi connectivity index (χ3n) is 1.47. The summed E-state index contributed by atoms with van der Waals surface area (Å²) >= 11 is 0. The van der Waals surface area contributed by atoms with E-state index in [1.165, 1.54) is 17.2 Å². The number of amides is 1. The molecule has 0 aromatic rings. The van der Waals surface area contributed by atoms with Gasteiger partial charge in [0.15, 0.2) is 0 Å². The molecule has 2 heteroatoms. The fraction of sp³-hybridized carbons (Fsp3) is 0.444. The van der Waals surface area contributed by atoms with Crippen LogP contribution >= 0.6 is 0 Å². The molecule has 2 N–H and O–H groups in total. The molecule has 0 rings (SSSR count). The first kappa shape index (κ1) is 9.95. The summed E-state index contributed by atoms with van der Waals surface area (Å²) in [5, 5.41) is 0. The van der Waals surface area contributed by atoms with Crippen molar-refractivity contribution in [1.82, 2.24) is 0 Å². The molecule has 1 amide bonds. The number of carbonyl (C=O) groups is 1. The van der Waals surface area contributed by atoms with Crippen molar-refractivity contribution in [3.05, 3.63) is 23.3 Å². The van der Waals surface area contributed by atoms with E-state index in [1.54, 1.807) is 6.08 Å². The van der Waals surface area contributed by atoms with Crippen molar-refractivity contribution < 1.29 is 4.79 Å². The van der Waals surface area contributed by atoms with Gasteiger partial charge >= 0.3 is 0 Å². The number of allylic oxidation sites excluding steroid dienone is 3. The standard InChI is InChI=1S/C9H15NO/c1-4-8(7(2)3)5-6-9(10)11/h5-6H,4H2,1-3H3,(H2,10,11). The number of hydrogen-bond donors (Lipinski definition) is 1. The van der Waals surface area contributed by atoms with Gasteiger partial charge in [-0.2, -0.15) is 0 Å². The van der Waals surface area contributed by atoms with Gasteiger partial charge < -0.3 is 5.73 Å². The summed E-state index contributed by atoms with van der Waals surface area (Å²) in [5.74, 6) is -0.391. The maximum Gasteiger partial charge on any atom is 0.241 e. The molecule has 0 unspecified atom stereocenters. The van der Waals surface area contributed by atoms with E-state index in [2.05, 4.69) is 0 Å². The van der Waals surface area contributed by atoms with E-state index >= 15 is 0 Å². The molecule has 0 aromatic heterocycles. The second kappa shape index (κ2) is 4.72. The van der Waals surface area contributed by atoms with Gasteiger partial charge in [-0.25, -0.2) is 0 Å². The van der Waals surface area contributed by atoms with Crippen LogP contribution in [0.5, 0.6) is 0 Å². The molecule has 0 aromatic carbocycles. The summed E-state index contributed by atoms with van der Waals surface area (Å²) in [6, 6.07) is 0. The van der Waals surface area contributed by atoms with Crippen molar-refractivity contribution in [1.29, 1.82) is 0 Å². The molecule has 2 nitrogen and oxygen atoms in total. The lowest BCUT2D eigenvalue weighted by Crippen LogP contribution is -2.05. The smallest absolute Gasteiger partial charge is 0.241 e. The van der Waals surface area contributed by atoms with E-state index in [9.17, 15) is 4.79 Å². The first-order valence-corrected chi connectivity index (χ1v) is 3.71. The van der Waals surface area contributed by atoms with Crippen molar-refractivity contribution in [3.8, 4) is 0 Å². The average Bonchev–Trinajstić information content (AvgIpc) is 1.87. The molecule has 62 valence electrons. The Kier molecular flexibility index (Phi) is 4.27. The van der Waals surface area contributed by atoms with Gasteiger partial charge in [-0.1, -0.05) is 18.6 Å². The first-order valence-electron chi connectivity index (χ1n) is 3.71. The van der Waals surface area contributed by atoms with Crippen molar-refractivity contribution in [2.45, 2.75) is 27.2 Å². The number of carbonyl (C=O) groups excluding carboxylic acids is 1. The summed E-state index contributed by atoms with van der Waals surface area (Å²) in [4.78, 5) is 10.4. The van der Waals surface area contributed by atoms with Crippen molar-refractivity contribution in [2.75, 3.05) is 0 Å². The molecule has 0 heterocycles. The highest BCUT2D eigenvalue weighted by Gasteiger charge is 1.91. The lowest BCUT2D eigenvalue weighted by atomic mass is 10.1. The van der Waals surface area contributed by atoms with E-state index < -0.39 is 5.91 Å². The van der Waals surface area contributed by atoms with Crippen LogP contribution in [-0.2, 0) is 4.79 Å². The Bertz CT molecular complexity index is 198. The van der Waals surface area contributed by atoms with Crippen molar-refractivity contribution in [2.24, 2.45) is 5.73 Å². The molecule has 0 fully saturated rings. The highest BCUT2D eigenvalue weighted by atomic mass is 16.1. The van der Waals surface area contributed by atoms with E-state index in [1.807, 2.05) is 20.8 Å². The molecule has 0 spiro atoms. The highest BCUT2D eigenvalue weighted by Crippen LogP contribution is 2.08. The third-order valence-corrected chi connectivity index (χ3v) is 1.47. The van der Waals surface area contributed by atoms with E-state index in [-0.39, 0.29) is 0 Å². The normalized spacial score (nSPS) is 10.1. The number of rotatable bonds is 3.